The summed E-state index contributed by atoms with van der Waals surface area (Å²) in [4.78, 5) is 11.4. The molecule has 2 N–H and O–H groups in total. The van der Waals surface area contributed by atoms with E-state index in [0.29, 0.717) is 16.3 Å². The van der Waals surface area contributed by atoms with Crippen molar-refractivity contribution >= 4 is 33.4 Å². The van der Waals surface area contributed by atoms with E-state index in [0.717, 1.165) is 6.08 Å². The standard InChI is InChI=1S/C19H20ClNO6S/c1-25-14-8-16(26-2)15(17(9-14)27-3)10-18(19(21)22)28(23,24)11-12-4-6-13(20)7-5-12/h4-10H,11H2,1-3H3,(H2,21,22)/b18-10+. The normalized spacial score (nSPS) is 11.8. The molecular weight excluding hydrogens is 406 g/mol. The van der Waals surface area contributed by atoms with Crippen LogP contribution in [0.1, 0.15) is 11.1 Å². The fourth-order valence-electron chi connectivity index (χ4n) is 2.50. The lowest BCUT2D eigenvalue weighted by Crippen LogP contribution is -2.22. The molecule has 0 saturated carbocycles. The first-order valence-electron chi connectivity index (χ1n) is 8.00. The average molecular weight is 426 g/mol. The number of primary amides is 1. The molecule has 0 bridgehead atoms. The number of rotatable bonds is 8. The fourth-order valence-corrected chi connectivity index (χ4v) is 4.01. The number of hydrogen-bond donors (Lipinski definition) is 1. The highest BCUT2D eigenvalue weighted by atomic mass is 35.5. The van der Waals surface area contributed by atoms with Crippen LogP contribution in [0.4, 0.5) is 0 Å². The van der Waals surface area contributed by atoms with Crippen molar-refractivity contribution in [3.63, 3.8) is 0 Å². The second-order valence-corrected chi connectivity index (χ2v) is 8.10. The molecule has 28 heavy (non-hydrogen) atoms. The average Bonchev–Trinajstić information content (AvgIpc) is 2.66. The van der Waals surface area contributed by atoms with Gasteiger partial charge in [-0.1, -0.05) is 23.7 Å². The number of ether oxygens (including phenoxy) is 3. The Morgan fingerprint density at radius 1 is 1.04 bits per heavy atom. The largest absolute Gasteiger partial charge is 0.496 e. The van der Waals surface area contributed by atoms with Gasteiger partial charge in [-0.25, -0.2) is 8.42 Å². The highest BCUT2D eigenvalue weighted by Gasteiger charge is 2.25. The minimum absolute atomic E-state index is 0.249. The lowest BCUT2D eigenvalue weighted by atomic mass is 10.1. The van der Waals surface area contributed by atoms with Gasteiger partial charge in [0.2, 0.25) is 0 Å². The molecule has 1 amide bonds. The van der Waals surface area contributed by atoms with E-state index >= 15 is 0 Å². The van der Waals surface area contributed by atoms with Crippen LogP contribution in [0.15, 0.2) is 41.3 Å². The lowest BCUT2D eigenvalue weighted by molar-refractivity contribution is -0.113. The molecular formula is C19H20ClNO6S. The molecule has 0 aliphatic heterocycles. The summed E-state index contributed by atoms with van der Waals surface area (Å²) >= 11 is 5.82. The molecule has 0 heterocycles. The van der Waals surface area contributed by atoms with Gasteiger partial charge in [0.25, 0.3) is 5.91 Å². The van der Waals surface area contributed by atoms with Crippen molar-refractivity contribution in [2.45, 2.75) is 5.75 Å². The number of halogens is 1. The van der Waals surface area contributed by atoms with Gasteiger partial charge in [0.1, 0.15) is 22.2 Å². The number of amides is 1. The Balaban J connectivity index is 2.58. The predicted octanol–water partition coefficient (Wildman–Crippen LogP) is 2.81. The Labute approximate surface area is 168 Å². The molecule has 0 fully saturated rings. The number of carbonyl (C=O) groups is 1. The third-order valence-corrected chi connectivity index (χ3v) is 5.83. The van der Waals surface area contributed by atoms with Gasteiger partial charge >= 0.3 is 0 Å². The summed E-state index contributed by atoms with van der Waals surface area (Å²) in [5.41, 5.74) is 6.09. The monoisotopic (exact) mass is 425 g/mol. The number of benzene rings is 2. The van der Waals surface area contributed by atoms with Crippen LogP contribution < -0.4 is 19.9 Å². The number of nitrogens with two attached hydrogens (primary N) is 1. The third-order valence-electron chi connectivity index (χ3n) is 3.88. The molecule has 0 aliphatic rings. The van der Waals surface area contributed by atoms with E-state index in [1.54, 1.807) is 36.4 Å². The summed E-state index contributed by atoms with van der Waals surface area (Å²) in [6.07, 6.45) is 1.14. The summed E-state index contributed by atoms with van der Waals surface area (Å²) in [7, 11) is 0.218. The zero-order valence-electron chi connectivity index (χ0n) is 15.6. The second-order valence-electron chi connectivity index (χ2n) is 5.70. The highest BCUT2D eigenvalue weighted by Crippen LogP contribution is 2.36. The maximum atomic E-state index is 12.8. The molecule has 2 aromatic carbocycles. The number of methoxy groups -OCH3 is 3. The number of hydrogen-bond acceptors (Lipinski definition) is 6. The molecule has 0 spiro atoms. The van der Waals surface area contributed by atoms with Crippen LogP contribution in [0.25, 0.3) is 6.08 Å². The van der Waals surface area contributed by atoms with Crippen molar-refractivity contribution in [3.05, 3.63) is 57.5 Å². The predicted molar refractivity (Wildman–Crippen MR) is 107 cm³/mol. The first kappa shape index (κ1) is 21.6. The van der Waals surface area contributed by atoms with E-state index in [-0.39, 0.29) is 17.1 Å². The van der Waals surface area contributed by atoms with Crippen LogP contribution in [-0.2, 0) is 20.4 Å². The molecule has 0 radical (unpaired) electrons. The SMILES string of the molecule is COc1cc(OC)c(/C=C(\C(N)=O)S(=O)(=O)Cc2ccc(Cl)cc2)c(OC)c1. The first-order chi connectivity index (χ1) is 13.2. The Hall–Kier alpha value is -2.71. The highest BCUT2D eigenvalue weighted by molar-refractivity contribution is 7.95. The van der Waals surface area contributed by atoms with Gasteiger partial charge in [-0.3, -0.25) is 4.79 Å². The molecule has 0 aromatic heterocycles. The van der Waals surface area contributed by atoms with E-state index in [1.807, 2.05) is 0 Å². The number of carbonyl (C=O) groups excluding carboxylic acids is 1. The summed E-state index contributed by atoms with van der Waals surface area (Å²) < 4.78 is 41.4. The molecule has 2 aromatic rings. The summed E-state index contributed by atoms with van der Waals surface area (Å²) in [6, 6.07) is 9.34. The Kier molecular flexibility index (Phi) is 6.93. The minimum atomic E-state index is -4.05. The third kappa shape index (κ3) is 4.96. The van der Waals surface area contributed by atoms with Crippen LogP contribution in [0.5, 0.6) is 17.2 Å². The summed E-state index contributed by atoms with van der Waals surface area (Å²) in [5.74, 6) is -0.544. The van der Waals surface area contributed by atoms with Crippen LogP contribution in [-0.4, -0.2) is 35.7 Å². The van der Waals surface area contributed by atoms with Crippen molar-refractivity contribution in [2.24, 2.45) is 5.73 Å². The van der Waals surface area contributed by atoms with Crippen LogP contribution in [0.2, 0.25) is 5.02 Å². The van der Waals surface area contributed by atoms with E-state index in [2.05, 4.69) is 0 Å². The van der Waals surface area contributed by atoms with Crippen molar-refractivity contribution in [2.75, 3.05) is 21.3 Å². The smallest absolute Gasteiger partial charge is 0.260 e. The molecule has 150 valence electrons. The van der Waals surface area contributed by atoms with Gasteiger partial charge in [0.15, 0.2) is 9.84 Å². The molecule has 7 nitrogen and oxygen atoms in total. The maximum absolute atomic E-state index is 12.8. The maximum Gasteiger partial charge on any atom is 0.260 e. The van der Waals surface area contributed by atoms with Gasteiger partial charge in [0, 0.05) is 17.2 Å². The van der Waals surface area contributed by atoms with Crippen molar-refractivity contribution in [1.29, 1.82) is 0 Å². The zero-order chi connectivity index (χ0) is 20.9. The van der Waals surface area contributed by atoms with Crippen molar-refractivity contribution in [3.8, 4) is 17.2 Å². The van der Waals surface area contributed by atoms with E-state index in [1.165, 1.54) is 21.3 Å². The molecule has 0 saturated heterocycles. The summed E-state index contributed by atoms with van der Waals surface area (Å²) in [6.45, 7) is 0. The van der Waals surface area contributed by atoms with Gasteiger partial charge in [0.05, 0.1) is 32.6 Å². The Morgan fingerprint density at radius 3 is 2.00 bits per heavy atom. The second kappa shape index (κ2) is 8.99. The van der Waals surface area contributed by atoms with E-state index in [4.69, 9.17) is 31.5 Å². The topological polar surface area (TPSA) is 105 Å². The molecule has 0 atom stereocenters. The van der Waals surface area contributed by atoms with Gasteiger partial charge in [-0.15, -0.1) is 0 Å². The number of sulfone groups is 1. The van der Waals surface area contributed by atoms with Gasteiger partial charge in [-0.05, 0) is 23.8 Å². The first-order valence-corrected chi connectivity index (χ1v) is 10.0. The van der Waals surface area contributed by atoms with E-state index < -0.39 is 26.4 Å². The van der Waals surface area contributed by atoms with Gasteiger partial charge in [-0.2, -0.15) is 0 Å². The van der Waals surface area contributed by atoms with Crippen LogP contribution >= 0.6 is 11.6 Å². The lowest BCUT2D eigenvalue weighted by Gasteiger charge is -2.14. The fraction of sp³-hybridized carbons (Fsp3) is 0.211. The quantitative estimate of drug-likeness (QED) is 0.652. The summed E-state index contributed by atoms with van der Waals surface area (Å²) in [5, 5.41) is 0.472. The molecule has 9 heteroatoms. The Morgan fingerprint density at radius 2 is 1.57 bits per heavy atom. The molecule has 2 rings (SSSR count). The van der Waals surface area contributed by atoms with Crippen LogP contribution in [0, 0.1) is 0 Å². The zero-order valence-corrected chi connectivity index (χ0v) is 17.1. The van der Waals surface area contributed by atoms with Crippen molar-refractivity contribution in [1.82, 2.24) is 0 Å². The van der Waals surface area contributed by atoms with Crippen LogP contribution in [0.3, 0.4) is 0 Å². The molecule has 0 aliphatic carbocycles. The van der Waals surface area contributed by atoms with E-state index in [9.17, 15) is 13.2 Å². The Bertz CT molecular complexity index is 975. The molecule has 0 unspecified atom stereocenters. The van der Waals surface area contributed by atoms with Gasteiger partial charge < -0.3 is 19.9 Å². The van der Waals surface area contributed by atoms with Crippen molar-refractivity contribution < 1.29 is 27.4 Å². The minimum Gasteiger partial charge on any atom is -0.496 e.